The second kappa shape index (κ2) is 7.98. The third-order valence-corrected chi connectivity index (χ3v) is 3.29. The van der Waals surface area contributed by atoms with Gasteiger partial charge in [-0.05, 0) is 23.6 Å². The van der Waals surface area contributed by atoms with Gasteiger partial charge in [-0.25, -0.2) is 0 Å². The number of carbonyl (C=O) groups is 2. The van der Waals surface area contributed by atoms with Crippen molar-refractivity contribution in [2.45, 2.75) is 19.9 Å². The van der Waals surface area contributed by atoms with Crippen LogP contribution in [0.4, 0.5) is 0 Å². The van der Waals surface area contributed by atoms with E-state index >= 15 is 0 Å². The molecular formula is C18H19NO3. The van der Waals surface area contributed by atoms with Crippen molar-refractivity contribution in [2.75, 3.05) is 6.61 Å². The summed E-state index contributed by atoms with van der Waals surface area (Å²) < 4.78 is 5.00. The Labute approximate surface area is 130 Å². The smallest absolute Gasteiger partial charge is 0.310 e. The van der Waals surface area contributed by atoms with Crippen molar-refractivity contribution in [1.29, 1.82) is 0 Å². The molecule has 1 N–H and O–H groups in total. The topological polar surface area (TPSA) is 55.4 Å². The van der Waals surface area contributed by atoms with Gasteiger partial charge in [-0.3, -0.25) is 9.59 Å². The fourth-order valence-electron chi connectivity index (χ4n) is 2.01. The fourth-order valence-corrected chi connectivity index (χ4v) is 2.01. The van der Waals surface area contributed by atoms with Crippen LogP contribution in [0, 0.1) is 6.92 Å². The molecule has 0 aliphatic carbocycles. The summed E-state index contributed by atoms with van der Waals surface area (Å²) in [7, 11) is 0. The molecule has 0 spiro atoms. The summed E-state index contributed by atoms with van der Waals surface area (Å²) in [6.07, 6.45) is 0.179. The first-order chi connectivity index (χ1) is 10.6. The van der Waals surface area contributed by atoms with Crippen LogP contribution in [0.1, 0.15) is 16.7 Å². The highest BCUT2D eigenvalue weighted by Gasteiger charge is 2.09. The molecular weight excluding hydrogens is 278 g/mol. The molecule has 0 saturated carbocycles. The minimum Gasteiger partial charge on any atom is -0.455 e. The molecule has 0 heterocycles. The summed E-state index contributed by atoms with van der Waals surface area (Å²) in [6.45, 7) is 2.11. The molecule has 2 aromatic carbocycles. The number of esters is 1. The molecule has 0 aliphatic heterocycles. The van der Waals surface area contributed by atoms with Crippen LogP contribution < -0.4 is 5.32 Å². The van der Waals surface area contributed by atoms with Gasteiger partial charge in [0.05, 0.1) is 6.42 Å². The maximum absolute atomic E-state index is 11.7. The Morgan fingerprint density at radius 1 is 1.00 bits per heavy atom. The molecule has 4 nitrogen and oxygen atoms in total. The van der Waals surface area contributed by atoms with Crippen LogP contribution in [-0.2, 0) is 27.3 Å². The first-order valence-electron chi connectivity index (χ1n) is 7.16. The van der Waals surface area contributed by atoms with Crippen molar-refractivity contribution in [1.82, 2.24) is 5.32 Å². The Kier molecular flexibility index (Phi) is 5.72. The summed E-state index contributed by atoms with van der Waals surface area (Å²) in [5.41, 5.74) is 2.95. The van der Waals surface area contributed by atoms with Crippen LogP contribution in [0.15, 0.2) is 54.6 Å². The molecule has 0 bridgehead atoms. The molecule has 0 unspecified atom stereocenters. The highest BCUT2D eigenvalue weighted by Crippen LogP contribution is 2.08. The van der Waals surface area contributed by atoms with Crippen molar-refractivity contribution in [3.05, 3.63) is 71.3 Å². The highest BCUT2D eigenvalue weighted by molar-refractivity contribution is 5.81. The third kappa shape index (κ3) is 5.05. The molecule has 0 atom stereocenters. The van der Waals surface area contributed by atoms with E-state index in [9.17, 15) is 9.59 Å². The minimum atomic E-state index is -0.399. The first kappa shape index (κ1) is 15.8. The van der Waals surface area contributed by atoms with E-state index in [1.54, 1.807) is 0 Å². The Bertz CT molecular complexity index is 638. The predicted molar refractivity (Wildman–Crippen MR) is 84.1 cm³/mol. The van der Waals surface area contributed by atoms with Gasteiger partial charge in [0, 0.05) is 6.54 Å². The normalized spacial score (nSPS) is 10.0. The zero-order chi connectivity index (χ0) is 15.8. The van der Waals surface area contributed by atoms with E-state index in [2.05, 4.69) is 5.32 Å². The van der Waals surface area contributed by atoms with Gasteiger partial charge in [0.1, 0.15) is 0 Å². The second-order valence-corrected chi connectivity index (χ2v) is 5.03. The summed E-state index contributed by atoms with van der Waals surface area (Å²) in [5.74, 6) is -0.703. The number of hydrogen-bond acceptors (Lipinski definition) is 3. The van der Waals surface area contributed by atoms with Crippen molar-refractivity contribution < 1.29 is 14.3 Å². The second-order valence-electron chi connectivity index (χ2n) is 5.03. The Morgan fingerprint density at radius 2 is 1.68 bits per heavy atom. The van der Waals surface area contributed by atoms with Gasteiger partial charge < -0.3 is 10.1 Å². The van der Waals surface area contributed by atoms with Crippen LogP contribution in [-0.4, -0.2) is 18.5 Å². The van der Waals surface area contributed by atoms with E-state index in [1.807, 2.05) is 61.5 Å². The van der Waals surface area contributed by atoms with E-state index < -0.39 is 5.97 Å². The molecule has 0 radical (unpaired) electrons. The van der Waals surface area contributed by atoms with E-state index in [0.717, 1.165) is 16.7 Å². The molecule has 114 valence electrons. The summed E-state index contributed by atoms with van der Waals surface area (Å²) in [6, 6.07) is 17.2. The zero-order valence-corrected chi connectivity index (χ0v) is 12.5. The first-order valence-corrected chi connectivity index (χ1v) is 7.16. The molecule has 2 aromatic rings. The van der Waals surface area contributed by atoms with Crippen LogP contribution >= 0.6 is 0 Å². The quantitative estimate of drug-likeness (QED) is 0.833. The lowest BCUT2D eigenvalue weighted by Crippen LogP contribution is -2.28. The molecule has 4 heteroatoms. The summed E-state index contributed by atoms with van der Waals surface area (Å²) >= 11 is 0. The molecule has 2 rings (SSSR count). The van der Waals surface area contributed by atoms with Gasteiger partial charge in [-0.15, -0.1) is 0 Å². The van der Waals surface area contributed by atoms with E-state index in [-0.39, 0.29) is 18.9 Å². The average molecular weight is 297 g/mol. The van der Waals surface area contributed by atoms with E-state index in [1.165, 1.54) is 0 Å². The van der Waals surface area contributed by atoms with Gasteiger partial charge in [-0.2, -0.15) is 0 Å². The lowest BCUT2D eigenvalue weighted by molar-refractivity contribution is -0.147. The number of carbonyl (C=O) groups excluding carboxylic acids is 2. The third-order valence-electron chi connectivity index (χ3n) is 3.29. The van der Waals surface area contributed by atoms with E-state index in [0.29, 0.717) is 6.54 Å². The number of amides is 1. The number of benzene rings is 2. The maximum atomic E-state index is 11.7. The van der Waals surface area contributed by atoms with Gasteiger partial charge in [0.15, 0.2) is 6.61 Å². The lowest BCUT2D eigenvalue weighted by Gasteiger charge is -2.08. The predicted octanol–water partition coefficient (Wildman–Crippen LogP) is 2.40. The number of aryl methyl sites for hydroxylation is 1. The molecule has 1 amide bonds. The standard InChI is InChI=1S/C18H19NO3/c1-14-7-5-6-10-16(14)11-18(21)22-13-17(20)19-12-15-8-3-2-4-9-15/h2-10H,11-13H2,1H3,(H,19,20). The molecule has 0 fully saturated rings. The highest BCUT2D eigenvalue weighted by atomic mass is 16.5. The minimum absolute atomic E-state index is 0.179. The van der Waals surface area contributed by atoms with Crippen molar-refractivity contribution in [3.63, 3.8) is 0 Å². The number of ether oxygens (including phenoxy) is 1. The SMILES string of the molecule is Cc1ccccc1CC(=O)OCC(=O)NCc1ccccc1. The van der Waals surface area contributed by atoms with E-state index in [4.69, 9.17) is 4.74 Å². The molecule has 0 saturated heterocycles. The monoisotopic (exact) mass is 297 g/mol. The van der Waals surface area contributed by atoms with Crippen LogP contribution in [0.3, 0.4) is 0 Å². The largest absolute Gasteiger partial charge is 0.455 e. The Balaban J connectivity index is 1.72. The fraction of sp³-hybridized carbons (Fsp3) is 0.222. The van der Waals surface area contributed by atoms with Gasteiger partial charge in [0.2, 0.25) is 0 Å². The van der Waals surface area contributed by atoms with Crippen LogP contribution in [0.2, 0.25) is 0 Å². The maximum Gasteiger partial charge on any atom is 0.310 e. The summed E-state index contributed by atoms with van der Waals surface area (Å²) in [4.78, 5) is 23.4. The van der Waals surface area contributed by atoms with Crippen LogP contribution in [0.5, 0.6) is 0 Å². The summed E-state index contributed by atoms with van der Waals surface area (Å²) in [5, 5.41) is 2.71. The van der Waals surface area contributed by atoms with Crippen molar-refractivity contribution in [3.8, 4) is 0 Å². The van der Waals surface area contributed by atoms with Gasteiger partial charge >= 0.3 is 5.97 Å². The van der Waals surface area contributed by atoms with Crippen molar-refractivity contribution in [2.24, 2.45) is 0 Å². The number of rotatable bonds is 6. The molecule has 0 aromatic heterocycles. The lowest BCUT2D eigenvalue weighted by atomic mass is 10.1. The number of hydrogen-bond donors (Lipinski definition) is 1. The Hall–Kier alpha value is -2.62. The molecule has 0 aliphatic rings. The van der Waals surface area contributed by atoms with Crippen LogP contribution in [0.25, 0.3) is 0 Å². The van der Waals surface area contributed by atoms with Gasteiger partial charge in [0.25, 0.3) is 5.91 Å². The van der Waals surface area contributed by atoms with Crippen molar-refractivity contribution >= 4 is 11.9 Å². The number of nitrogens with one attached hydrogen (secondary N) is 1. The zero-order valence-electron chi connectivity index (χ0n) is 12.5. The van der Waals surface area contributed by atoms with Gasteiger partial charge in [-0.1, -0.05) is 54.6 Å². The molecule has 22 heavy (non-hydrogen) atoms. The average Bonchev–Trinajstić information content (AvgIpc) is 2.54. The Morgan fingerprint density at radius 3 is 2.41 bits per heavy atom.